The van der Waals surface area contributed by atoms with Crippen LogP contribution in [0.25, 0.3) is 0 Å². The van der Waals surface area contributed by atoms with Crippen LogP contribution in [0, 0.1) is 5.92 Å². The molecule has 0 radical (unpaired) electrons. The van der Waals surface area contributed by atoms with Crippen molar-refractivity contribution in [1.82, 2.24) is 4.90 Å². The molecule has 5 heteroatoms. The standard InChI is InChI=1S/C17H27N3O.ClH/c1-13-6-9-20(10-7-13)11-8-15-4-3-5-16(12-15)19-17(21)14(2)18;/h3-5,12-14H,6-11,18H2,1-2H3,(H,19,21);1H/t14-;/m1./s1. The van der Waals surface area contributed by atoms with E-state index >= 15 is 0 Å². The maximum Gasteiger partial charge on any atom is 0.240 e. The molecule has 0 aromatic heterocycles. The zero-order chi connectivity index (χ0) is 15.2. The van der Waals surface area contributed by atoms with E-state index in [-0.39, 0.29) is 18.3 Å². The summed E-state index contributed by atoms with van der Waals surface area (Å²) in [6.45, 7) is 7.54. The minimum Gasteiger partial charge on any atom is -0.325 e. The molecule has 1 fully saturated rings. The molecule has 124 valence electrons. The molecule has 1 atom stereocenters. The van der Waals surface area contributed by atoms with Gasteiger partial charge < -0.3 is 16.0 Å². The van der Waals surface area contributed by atoms with Gasteiger partial charge in [0.2, 0.25) is 5.91 Å². The molecule has 0 bridgehead atoms. The third kappa shape index (κ3) is 5.95. The van der Waals surface area contributed by atoms with Crippen molar-refractivity contribution in [3.05, 3.63) is 29.8 Å². The molecule has 1 aromatic carbocycles. The molecule has 2 rings (SSSR count). The van der Waals surface area contributed by atoms with Crippen molar-refractivity contribution < 1.29 is 4.79 Å². The van der Waals surface area contributed by atoms with Gasteiger partial charge in [-0.25, -0.2) is 0 Å². The van der Waals surface area contributed by atoms with Gasteiger partial charge in [-0.3, -0.25) is 4.79 Å². The number of carbonyl (C=O) groups is 1. The van der Waals surface area contributed by atoms with E-state index < -0.39 is 6.04 Å². The number of piperidine rings is 1. The smallest absolute Gasteiger partial charge is 0.240 e. The molecule has 1 saturated heterocycles. The Bertz CT molecular complexity index is 471. The third-order valence-corrected chi connectivity index (χ3v) is 4.20. The number of halogens is 1. The first-order chi connectivity index (χ1) is 10.0. The van der Waals surface area contributed by atoms with Crippen molar-refractivity contribution in [2.45, 2.75) is 39.2 Å². The number of rotatable bonds is 5. The predicted molar refractivity (Wildman–Crippen MR) is 94.5 cm³/mol. The van der Waals surface area contributed by atoms with Crippen molar-refractivity contribution in [2.24, 2.45) is 11.7 Å². The van der Waals surface area contributed by atoms with Crippen LogP contribution in [0.15, 0.2) is 24.3 Å². The Hall–Kier alpha value is -1.10. The summed E-state index contributed by atoms with van der Waals surface area (Å²) in [5, 5.41) is 2.85. The average molecular weight is 326 g/mol. The molecular formula is C17H28ClN3O. The SMILES string of the molecule is CC1CCN(CCc2cccc(NC(=O)[C@@H](C)N)c2)CC1.Cl. The second kappa shape index (κ2) is 9.13. The Labute approximate surface area is 139 Å². The molecule has 1 amide bonds. The second-order valence-electron chi connectivity index (χ2n) is 6.25. The number of hydrogen-bond donors (Lipinski definition) is 2. The van der Waals surface area contributed by atoms with Crippen LogP contribution in [0.5, 0.6) is 0 Å². The lowest BCUT2D eigenvalue weighted by molar-refractivity contribution is -0.117. The summed E-state index contributed by atoms with van der Waals surface area (Å²) in [5.41, 5.74) is 7.67. The highest BCUT2D eigenvalue weighted by Crippen LogP contribution is 2.17. The minimum absolute atomic E-state index is 0. The van der Waals surface area contributed by atoms with Gasteiger partial charge in [-0.05, 0) is 62.9 Å². The fourth-order valence-corrected chi connectivity index (χ4v) is 2.63. The molecule has 4 nitrogen and oxygen atoms in total. The number of nitrogens with one attached hydrogen (secondary N) is 1. The van der Waals surface area contributed by atoms with Gasteiger partial charge in [0.15, 0.2) is 0 Å². The molecule has 0 saturated carbocycles. The third-order valence-electron chi connectivity index (χ3n) is 4.20. The molecule has 1 aliphatic rings. The first kappa shape index (κ1) is 18.9. The van der Waals surface area contributed by atoms with Gasteiger partial charge in [0.05, 0.1) is 6.04 Å². The topological polar surface area (TPSA) is 58.4 Å². The van der Waals surface area contributed by atoms with Crippen LogP contribution >= 0.6 is 12.4 Å². The molecular weight excluding hydrogens is 298 g/mol. The quantitative estimate of drug-likeness (QED) is 0.875. The second-order valence-corrected chi connectivity index (χ2v) is 6.25. The molecule has 22 heavy (non-hydrogen) atoms. The van der Waals surface area contributed by atoms with E-state index in [1.807, 2.05) is 18.2 Å². The Morgan fingerprint density at radius 1 is 1.41 bits per heavy atom. The number of hydrogen-bond acceptors (Lipinski definition) is 3. The number of likely N-dealkylation sites (tertiary alicyclic amines) is 1. The minimum atomic E-state index is -0.482. The summed E-state index contributed by atoms with van der Waals surface area (Å²) in [6.07, 6.45) is 3.64. The average Bonchev–Trinajstić information content (AvgIpc) is 2.47. The van der Waals surface area contributed by atoms with Crippen LogP contribution in [0.3, 0.4) is 0 Å². The van der Waals surface area contributed by atoms with Gasteiger partial charge in [-0.2, -0.15) is 0 Å². The van der Waals surface area contributed by atoms with E-state index in [9.17, 15) is 4.79 Å². The van der Waals surface area contributed by atoms with Gasteiger partial charge in [0.1, 0.15) is 0 Å². The van der Waals surface area contributed by atoms with E-state index in [0.717, 1.165) is 24.6 Å². The lowest BCUT2D eigenvalue weighted by Crippen LogP contribution is -2.34. The predicted octanol–water partition coefficient (Wildman–Crippen LogP) is 2.67. The number of anilines is 1. The summed E-state index contributed by atoms with van der Waals surface area (Å²) in [5.74, 6) is 0.732. The van der Waals surface area contributed by atoms with Crippen molar-refractivity contribution in [3.8, 4) is 0 Å². The highest BCUT2D eigenvalue weighted by Gasteiger charge is 2.15. The molecule has 0 unspecified atom stereocenters. The maximum atomic E-state index is 11.6. The van der Waals surface area contributed by atoms with Gasteiger partial charge in [-0.15, -0.1) is 12.4 Å². The zero-order valence-electron chi connectivity index (χ0n) is 13.5. The lowest BCUT2D eigenvalue weighted by Gasteiger charge is -2.30. The van der Waals surface area contributed by atoms with Crippen molar-refractivity contribution >= 4 is 24.0 Å². The van der Waals surface area contributed by atoms with Gasteiger partial charge in [0, 0.05) is 12.2 Å². The first-order valence-electron chi connectivity index (χ1n) is 7.92. The van der Waals surface area contributed by atoms with E-state index in [1.165, 1.54) is 31.5 Å². The van der Waals surface area contributed by atoms with Crippen LogP contribution in [0.4, 0.5) is 5.69 Å². The maximum absolute atomic E-state index is 11.6. The molecule has 1 heterocycles. The summed E-state index contributed by atoms with van der Waals surface area (Å²) in [4.78, 5) is 14.2. The Kier molecular flexibility index (Phi) is 7.87. The molecule has 0 spiro atoms. The van der Waals surface area contributed by atoms with Crippen molar-refractivity contribution in [2.75, 3.05) is 25.0 Å². The molecule has 1 aliphatic heterocycles. The fraction of sp³-hybridized carbons (Fsp3) is 0.588. The molecule has 3 N–H and O–H groups in total. The summed E-state index contributed by atoms with van der Waals surface area (Å²) in [6, 6.07) is 7.58. The Balaban J connectivity index is 0.00000242. The highest BCUT2D eigenvalue weighted by atomic mass is 35.5. The van der Waals surface area contributed by atoms with Crippen LogP contribution in [-0.2, 0) is 11.2 Å². The Morgan fingerprint density at radius 2 is 2.09 bits per heavy atom. The van der Waals surface area contributed by atoms with E-state index in [4.69, 9.17) is 5.73 Å². The summed E-state index contributed by atoms with van der Waals surface area (Å²) < 4.78 is 0. The number of amides is 1. The summed E-state index contributed by atoms with van der Waals surface area (Å²) in [7, 11) is 0. The largest absolute Gasteiger partial charge is 0.325 e. The number of benzene rings is 1. The van der Waals surface area contributed by atoms with Crippen LogP contribution in [0.1, 0.15) is 32.3 Å². The monoisotopic (exact) mass is 325 g/mol. The van der Waals surface area contributed by atoms with Gasteiger partial charge >= 0.3 is 0 Å². The van der Waals surface area contributed by atoms with E-state index in [0.29, 0.717) is 0 Å². The van der Waals surface area contributed by atoms with Crippen LogP contribution in [-0.4, -0.2) is 36.5 Å². The normalized spacial score (nSPS) is 17.6. The molecule has 1 aromatic rings. The Morgan fingerprint density at radius 3 is 2.73 bits per heavy atom. The van der Waals surface area contributed by atoms with Gasteiger partial charge in [-0.1, -0.05) is 19.1 Å². The van der Waals surface area contributed by atoms with E-state index in [1.54, 1.807) is 6.92 Å². The van der Waals surface area contributed by atoms with Crippen LogP contribution < -0.4 is 11.1 Å². The van der Waals surface area contributed by atoms with Gasteiger partial charge in [0.25, 0.3) is 0 Å². The van der Waals surface area contributed by atoms with Crippen molar-refractivity contribution in [3.63, 3.8) is 0 Å². The number of carbonyl (C=O) groups excluding carboxylic acids is 1. The zero-order valence-corrected chi connectivity index (χ0v) is 14.4. The number of nitrogens with two attached hydrogens (primary N) is 1. The number of nitrogens with zero attached hydrogens (tertiary/aromatic N) is 1. The molecule has 0 aliphatic carbocycles. The van der Waals surface area contributed by atoms with Crippen LogP contribution in [0.2, 0.25) is 0 Å². The highest BCUT2D eigenvalue weighted by molar-refractivity contribution is 5.94. The first-order valence-corrected chi connectivity index (χ1v) is 7.92. The summed E-state index contributed by atoms with van der Waals surface area (Å²) >= 11 is 0. The van der Waals surface area contributed by atoms with Crippen molar-refractivity contribution in [1.29, 1.82) is 0 Å². The fourth-order valence-electron chi connectivity index (χ4n) is 2.63. The van der Waals surface area contributed by atoms with E-state index in [2.05, 4.69) is 23.2 Å². The lowest BCUT2D eigenvalue weighted by atomic mass is 9.99.